The molecule has 4 heterocycles. The van der Waals surface area contributed by atoms with Crippen molar-refractivity contribution in [2.75, 3.05) is 30.3 Å². The lowest BCUT2D eigenvalue weighted by atomic mass is 10.0. The van der Waals surface area contributed by atoms with Crippen LogP contribution in [-0.2, 0) is 4.79 Å². The number of thiol groups is 1. The number of aromatic nitrogens is 4. The Morgan fingerprint density at radius 2 is 1.93 bits per heavy atom. The highest BCUT2D eigenvalue weighted by Crippen LogP contribution is 2.36. The SMILES string of the molecule is Cc1ccnc(C(C)C)c1-n1c(=O)nc(N2CCN(C(=O)CCS)C[C@@H]2C)c2cc(F)c(-c3c(O)cccc3F)nc21. The lowest BCUT2D eigenvalue weighted by Crippen LogP contribution is -2.54. The van der Waals surface area contributed by atoms with Gasteiger partial charge in [0.05, 0.1) is 22.3 Å². The first-order chi connectivity index (χ1) is 20.0. The number of benzene rings is 1. The number of phenols is 1. The molecular weight excluding hydrogens is 562 g/mol. The number of aryl methyl sites for hydroxylation is 1. The molecule has 4 aromatic rings. The molecule has 9 nitrogen and oxygen atoms in total. The lowest BCUT2D eigenvalue weighted by Gasteiger charge is -2.41. The Bertz CT molecular complexity index is 1720. The molecule has 1 amide bonds. The second kappa shape index (κ2) is 11.7. The van der Waals surface area contributed by atoms with E-state index in [4.69, 9.17) is 0 Å². The molecule has 0 aliphatic carbocycles. The molecule has 1 fully saturated rings. The van der Waals surface area contributed by atoms with Crippen molar-refractivity contribution in [1.82, 2.24) is 24.4 Å². The number of hydrogen-bond donors (Lipinski definition) is 2. The Morgan fingerprint density at radius 3 is 2.60 bits per heavy atom. The maximum absolute atomic E-state index is 15.8. The summed E-state index contributed by atoms with van der Waals surface area (Å²) in [6, 6.07) is 6.33. The molecule has 0 radical (unpaired) electrons. The molecule has 1 aliphatic rings. The van der Waals surface area contributed by atoms with Crippen LogP contribution in [0.3, 0.4) is 0 Å². The molecule has 0 saturated carbocycles. The molecular formula is C30H32F2N6O3S. The van der Waals surface area contributed by atoms with E-state index in [9.17, 15) is 19.1 Å². The van der Waals surface area contributed by atoms with Crippen molar-refractivity contribution in [2.24, 2.45) is 0 Å². The number of fused-ring (bicyclic) bond motifs is 1. The fourth-order valence-corrected chi connectivity index (χ4v) is 5.68. The highest BCUT2D eigenvalue weighted by atomic mass is 32.1. The van der Waals surface area contributed by atoms with Crippen LogP contribution in [0.5, 0.6) is 5.75 Å². The average molecular weight is 595 g/mol. The molecule has 0 unspecified atom stereocenters. The minimum absolute atomic E-state index is 0.0138. The number of phenolic OH excluding ortho intramolecular Hbond substituents is 1. The predicted octanol–water partition coefficient (Wildman–Crippen LogP) is 4.62. The van der Waals surface area contributed by atoms with Crippen molar-refractivity contribution in [2.45, 2.75) is 46.1 Å². The van der Waals surface area contributed by atoms with E-state index in [1.165, 1.54) is 22.8 Å². The van der Waals surface area contributed by atoms with E-state index in [0.717, 1.165) is 11.6 Å². The zero-order valence-electron chi connectivity index (χ0n) is 23.8. The van der Waals surface area contributed by atoms with Crippen LogP contribution in [0.15, 0.2) is 41.3 Å². The van der Waals surface area contributed by atoms with Crippen LogP contribution in [0.25, 0.3) is 28.0 Å². The summed E-state index contributed by atoms with van der Waals surface area (Å²) in [4.78, 5) is 43.5. The Balaban J connectivity index is 1.79. The number of piperazine rings is 1. The molecule has 220 valence electrons. The number of carbonyl (C=O) groups is 1. The molecule has 3 aromatic heterocycles. The van der Waals surface area contributed by atoms with E-state index in [1.807, 2.05) is 32.6 Å². The lowest BCUT2D eigenvalue weighted by molar-refractivity contribution is -0.131. The van der Waals surface area contributed by atoms with Crippen molar-refractivity contribution in [1.29, 1.82) is 0 Å². The second-order valence-corrected chi connectivity index (χ2v) is 11.2. The standard InChI is InChI=1S/C30H32F2N6O3S/c1-16(2)25-27(17(3)8-10-33-25)38-29-19(14-21(32)26(34-29)24-20(31)6-5-7-22(24)39)28(35-30(38)41)37-12-11-36(15-18(37)4)23(40)9-13-42/h5-8,10,14,16,18,39,42H,9,11-13,15H2,1-4H3/t18-/m0/s1. The monoisotopic (exact) mass is 594 g/mol. The third-order valence-corrected chi connectivity index (χ3v) is 7.76. The van der Waals surface area contributed by atoms with Crippen LogP contribution in [0.1, 0.15) is 44.4 Å². The Kier molecular flexibility index (Phi) is 8.18. The molecule has 1 atom stereocenters. The quantitative estimate of drug-likeness (QED) is 0.314. The first-order valence-corrected chi connectivity index (χ1v) is 14.4. The summed E-state index contributed by atoms with van der Waals surface area (Å²) in [6.45, 7) is 8.72. The molecule has 12 heteroatoms. The zero-order chi connectivity index (χ0) is 30.3. The third-order valence-electron chi connectivity index (χ3n) is 7.53. The number of hydrogen-bond acceptors (Lipinski definition) is 8. The number of aromatic hydroxyl groups is 1. The van der Waals surface area contributed by atoms with Gasteiger partial charge in [-0.1, -0.05) is 19.9 Å². The molecule has 5 rings (SSSR count). The third kappa shape index (κ3) is 5.19. The zero-order valence-corrected chi connectivity index (χ0v) is 24.7. The van der Waals surface area contributed by atoms with Crippen LogP contribution in [0.2, 0.25) is 0 Å². The van der Waals surface area contributed by atoms with Gasteiger partial charge in [-0.15, -0.1) is 0 Å². The van der Waals surface area contributed by atoms with E-state index < -0.39 is 34.3 Å². The first kappa shape index (κ1) is 29.4. The highest BCUT2D eigenvalue weighted by molar-refractivity contribution is 7.80. The summed E-state index contributed by atoms with van der Waals surface area (Å²) in [5, 5.41) is 10.7. The van der Waals surface area contributed by atoms with Crippen LogP contribution < -0.4 is 10.6 Å². The summed E-state index contributed by atoms with van der Waals surface area (Å²) in [5.74, 6) is -1.68. The van der Waals surface area contributed by atoms with Gasteiger partial charge in [0.1, 0.15) is 23.1 Å². The molecule has 0 spiro atoms. The van der Waals surface area contributed by atoms with Crippen molar-refractivity contribution in [3.63, 3.8) is 0 Å². The second-order valence-electron chi connectivity index (χ2n) is 10.7. The number of halogens is 2. The smallest absolute Gasteiger partial charge is 0.355 e. The van der Waals surface area contributed by atoms with Gasteiger partial charge in [0.2, 0.25) is 5.91 Å². The number of amides is 1. The van der Waals surface area contributed by atoms with Gasteiger partial charge < -0.3 is 14.9 Å². The largest absolute Gasteiger partial charge is 0.507 e. The Hall–Kier alpha value is -4.06. The molecule has 1 aromatic carbocycles. The fourth-order valence-electron chi connectivity index (χ4n) is 5.49. The van der Waals surface area contributed by atoms with E-state index in [1.54, 1.807) is 17.2 Å². The van der Waals surface area contributed by atoms with E-state index in [0.29, 0.717) is 43.2 Å². The number of carbonyl (C=O) groups excluding carboxylic acids is 1. The van der Waals surface area contributed by atoms with Crippen LogP contribution >= 0.6 is 12.6 Å². The number of rotatable bonds is 6. The Morgan fingerprint density at radius 1 is 1.17 bits per heavy atom. The van der Waals surface area contributed by atoms with Crippen molar-refractivity contribution in [3.8, 4) is 22.7 Å². The predicted molar refractivity (Wildman–Crippen MR) is 161 cm³/mol. The summed E-state index contributed by atoms with van der Waals surface area (Å²) >= 11 is 4.16. The van der Waals surface area contributed by atoms with E-state index in [2.05, 4.69) is 27.6 Å². The maximum atomic E-state index is 15.8. The molecule has 1 saturated heterocycles. The molecule has 1 N–H and O–H groups in total. The topological polar surface area (TPSA) is 104 Å². The van der Waals surface area contributed by atoms with Crippen molar-refractivity contribution in [3.05, 3.63) is 69.9 Å². The number of pyridine rings is 2. The average Bonchev–Trinajstić information content (AvgIpc) is 2.93. The highest BCUT2D eigenvalue weighted by Gasteiger charge is 2.31. The van der Waals surface area contributed by atoms with Crippen molar-refractivity contribution < 1.29 is 18.7 Å². The van der Waals surface area contributed by atoms with Gasteiger partial charge in [-0.3, -0.25) is 9.78 Å². The summed E-state index contributed by atoms with van der Waals surface area (Å²) in [5.41, 5.74) is 0.315. The summed E-state index contributed by atoms with van der Waals surface area (Å²) < 4.78 is 32.1. The van der Waals surface area contributed by atoms with Gasteiger partial charge in [-0.2, -0.15) is 17.6 Å². The van der Waals surface area contributed by atoms with Crippen molar-refractivity contribution >= 4 is 35.4 Å². The molecule has 42 heavy (non-hydrogen) atoms. The van der Waals surface area contributed by atoms with E-state index >= 15 is 4.39 Å². The summed E-state index contributed by atoms with van der Waals surface area (Å²) in [7, 11) is 0. The maximum Gasteiger partial charge on any atom is 0.355 e. The Labute approximate surface area is 247 Å². The van der Waals surface area contributed by atoms with Gasteiger partial charge in [0.15, 0.2) is 11.5 Å². The fraction of sp³-hybridized carbons (Fsp3) is 0.367. The minimum atomic E-state index is -0.890. The molecule has 1 aliphatic heterocycles. The minimum Gasteiger partial charge on any atom is -0.507 e. The molecule has 0 bridgehead atoms. The van der Waals surface area contributed by atoms with Crippen LogP contribution in [0, 0.1) is 18.6 Å². The van der Waals surface area contributed by atoms with Gasteiger partial charge >= 0.3 is 5.69 Å². The summed E-state index contributed by atoms with van der Waals surface area (Å²) in [6.07, 6.45) is 1.96. The van der Waals surface area contributed by atoms with Gasteiger partial charge in [0.25, 0.3) is 0 Å². The van der Waals surface area contributed by atoms with Crippen LogP contribution in [-0.4, -0.2) is 66.9 Å². The van der Waals surface area contributed by atoms with Gasteiger partial charge in [-0.25, -0.2) is 23.1 Å². The first-order valence-electron chi connectivity index (χ1n) is 13.8. The number of anilines is 1. The van der Waals surface area contributed by atoms with E-state index in [-0.39, 0.29) is 34.7 Å². The van der Waals surface area contributed by atoms with Crippen LogP contribution in [0.4, 0.5) is 14.6 Å². The normalized spacial score (nSPS) is 15.6. The number of nitrogens with zero attached hydrogens (tertiary/aromatic N) is 6. The van der Waals surface area contributed by atoms with Gasteiger partial charge in [0, 0.05) is 38.3 Å². The van der Waals surface area contributed by atoms with Gasteiger partial charge in [-0.05, 0) is 55.3 Å².